The fraction of sp³-hybridized carbons (Fsp3) is 0.357. The van der Waals surface area contributed by atoms with Crippen LogP contribution in [0.2, 0.25) is 0 Å². The second-order valence-electron chi connectivity index (χ2n) is 4.72. The van der Waals surface area contributed by atoms with Crippen LogP contribution in [0, 0.1) is 0 Å². The molecule has 1 aromatic heterocycles. The van der Waals surface area contributed by atoms with E-state index in [9.17, 15) is 0 Å². The summed E-state index contributed by atoms with van der Waals surface area (Å²) in [6.45, 7) is 0. The van der Waals surface area contributed by atoms with Gasteiger partial charge in [-0.1, -0.05) is 12.1 Å². The first-order valence-corrected chi connectivity index (χ1v) is 6.26. The number of hydrogen-bond acceptors (Lipinski definition) is 3. The summed E-state index contributed by atoms with van der Waals surface area (Å²) in [5.41, 5.74) is 8.64. The van der Waals surface area contributed by atoms with Crippen molar-refractivity contribution >= 4 is 5.69 Å². The summed E-state index contributed by atoms with van der Waals surface area (Å²) >= 11 is 0. The Morgan fingerprint density at radius 3 is 2.89 bits per heavy atom. The first-order valence-electron chi connectivity index (χ1n) is 6.26. The minimum atomic E-state index is 0.575. The largest absolute Gasteiger partial charge is 0.494 e. The van der Waals surface area contributed by atoms with Crippen LogP contribution < -0.4 is 10.5 Å². The summed E-state index contributed by atoms with van der Waals surface area (Å²) in [6, 6.07) is 6.37. The van der Waals surface area contributed by atoms with Gasteiger partial charge in [0.25, 0.3) is 0 Å². The Balaban J connectivity index is 1.98. The van der Waals surface area contributed by atoms with Crippen LogP contribution >= 0.6 is 0 Å². The maximum atomic E-state index is 5.92. The van der Waals surface area contributed by atoms with E-state index in [1.165, 1.54) is 19.3 Å². The molecule has 4 heteroatoms. The van der Waals surface area contributed by atoms with Gasteiger partial charge >= 0.3 is 0 Å². The molecule has 0 amide bonds. The van der Waals surface area contributed by atoms with Crippen molar-refractivity contribution < 1.29 is 4.74 Å². The van der Waals surface area contributed by atoms with E-state index in [-0.39, 0.29) is 0 Å². The highest BCUT2D eigenvalue weighted by molar-refractivity contribution is 5.76. The van der Waals surface area contributed by atoms with Crippen LogP contribution in [0.25, 0.3) is 11.1 Å². The molecule has 0 unspecified atom stereocenters. The quantitative estimate of drug-likeness (QED) is 0.843. The number of nitrogens with two attached hydrogens (primary N) is 1. The summed E-state index contributed by atoms with van der Waals surface area (Å²) in [4.78, 5) is 0. The molecule has 1 aliphatic rings. The predicted octanol–water partition coefficient (Wildman–Crippen LogP) is 2.87. The van der Waals surface area contributed by atoms with Crippen LogP contribution in [-0.4, -0.2) is 16.9 Å². The van der Waals surface area contributed by atoms with Gasteiger partial charge in [-0.3, -0.25) is 4.68 Å². The van der Waals surface area contributed by atoms with Gasteiger partial charge < -0.3 is 10.5 Å². The predicted molar refractivity (Wildman–Crippen MR) is 71.5 cm³/mol. The lowest BCUT2D eigenvalue weighted by Gasteiger charge is -2.25. The molecular weight excluding hydrogens is 226 g/mol. The van der Waals surface area contributed by atoms with Crippen molar-refractivity contribution in [3.05, 3.63) is 30.6 Å². The lowest BCUT2D eigenvalue weighted by atomic mass is 9.93. The summed E-state index contributed by atoms with van der Waals surface area (Å²) in [6.07, 6.45) is 7.74. The number of ether oxygens (including phenoxy) is 1. The maximum absolute atomic E-state index is 5.92. The zero-order chi connectivity index (χ0) is 12.5. The molecule has 1 aliphatic carbocycles. The van der Waals surface area contributed by atoms with Crippen molar-refractivity contribution in [1.82, 2.24) is 9.78 Å². The average Bonchev–Trinajstić information content (AvgIpc) is 2.75. The normalized spacial score (nSPS) is 15.4. The average molecular weight is 243 g/mol. The SMILES string of the molecule is COc1c(N)cccc1-c1cnn(C2CCC2)c1. The first kappa shape index (κ1) is 11.1. The van der Waals surface area contributed by atoms with Crippen molar-refractivity contribution in [2.45, 2.75) is 25.3 Å². The number of hydrogen-bond donors (Lipinski definition) is 1. The van der Waals surface area contributed by atoms with E-state index >= 15 is 0 Å². The number of rotatable bonds is 3. The molecule has 18 heavy (non-hydrogen) atoms. The van der Waals surface area contributed by atoms with E-state index in [1.54, 1.807) is 7.11 Å². The fourth-order valence-corrected chi connectivity index (χ4v) is 2.34. The summed E-state index contributed by atoms with van der Waals surface area (Å²) < 4.78 is 7.44. The van der Waals surface area contributed by atoms with Crippen molar-refractivity contribution in [2.75, 3.05) is 12.8 Å². The van der Waals surface area contributed by atoms with Crippen molar-refractivity contribution in [3.63, 3.8) is 0 Å². The Labute approximate surface area is 106 Å². The van der Waals surface area contributed by atoms with Crippen LogP contribution in [0.3, 0.4) is 0 Å². The van der Waals surface area contributed by atoms with Gasteiger partial charge in [0, 0.05) is 17.3 Å². The molecule has 0 radical (unpaired) electrons. The Morgan fingerprint density at radius 2 is 2.22 bits per heavy atom. The highest BCUT2D eigenvalue weighted by Gasteiger charge is 2.20. The number of nitrogens with zero attached hydrogens (tertiary/aromatic N) is 2. The molecule has 1 saturated carbocycles. The third kappa shape index (κ3) is 1.74. The Kier molecular flexibility index (Phi) is 2.70. The number of methoxy groups -OCH3 is 1. The maximum Gasteiger partial charge on any atom is 0.149 e. The van der Waals surface area contributed by atoms with Crippen LogP contribution in [-0.2, 0) is 0 Å². The Hall–Kier alpha value is -1.97. The summed E-state index contributed by atoms with van der Waals surface area (Å²) in [5, 5.41) is 4.44. The van der Waals surface area contributed by atoms with E-state index in [2.05, 4.69) is 16.0 Å². The zero-order valence-electron chi connectivity index (χ0n) is 10.5. The van der Waals surface area contributed by atoms with Gasteiger partial charge in [0.2, 0.25) is 0 Å². The molecule has 2 aromatic rings. The monoisotopic (exact) mass is 243 g/mol. The molecule has 0 atom stereocenters. The fourth-order valence-electron chi connectivity index (χ4n) is 2.34. The zero-order valence-corrected chi connectivity index (χ0v) is 10.5. The molecule has 1 fully saturated rings. The van der Waals surface area contributed by atoms with Crippen molar-refractivity contribution in [1.29, 1.82) is 0 Å². The van der Waals surface area contributed by atoms with E-state index < -0.39 is 0 Å². The van der Waals surface area contributed by atoms with Crippen LogP contribution in [0.5, 0.6) is 5.75 Å². The molecule has 1 aromatic carbocycles. The molecule has 2 N–H and O–H groups in total. The molecule has 3 rings (SSSR count). The van der Waals surface area contributed by atoms with Crippen molar-refractivity contribution in [2.24, 2.45) is 0 Å². The van der Waals surface area contributed by atoms with E-state index in [0.717, 1.165) is 16.9 Å². The van der Waals surface area contributed by atoms with E-state index in [1.807, 2.05) is 24.4 Å². The molecule has 4 nitrogen and oxygen atoms in total. The van der Waals surface area contributed by atoms with Gasteiger partial charge in [0.1, 0.15) is 5.75 Å². The lowest BCUT2D eigenvalue weighted by molar-refractivity contribution is 0.289. The third-order valence-corrected chi connectivity index (χ3v) is 3.61. The third-order valence-electron chi connectivity index (χ3n) is 3.61. The topological polar surface area (TPSA) is 53.1 Å². The van der Waals surface area contributed by atoms with Crippen LogP contribution in [0.1, 0.15) is 25.3 Å². The minimum Gasteiger partial charge on any atom is -0.494 e. The van der Waals surface area contributed by atoms with E-state index in [0.29, 0.717) is 11.7 Å². The Bertz CT molecular complexity index is 558. The van der Waals surface area contributed by atoms with Gasteiger partial charge in [0.05, 0.1) is 25.0 Å². The Morgan fingerprint density at radius 1 is 1.39 bits per heavy atom. The molecular formula is C14H17N3O. The number of aromatic nitrogens is 2. The smallest absolute Gasteiger partial charge is 0.149 e. The first-order chi connectivity index (χ1) is 8.79. The van der Waals surface area contributed by atoms with Gasteiger partial charge in [0.15, 0.2) is 0 Å². The second kappa shape index (κ2) is 4.37. The summed E-state index contributed by atoms with van der Waals surface area (Å²) in [7, 11) is 1.64. The van der Waals surface area contributed by atoms with Gasteiger partial charge in [-0.2, -0.15) is 5.10 Å². The number of benzene rings is 1. The van der Waals surface area contributed by atoms with E-state index in [4.69, 9.17) is 10.5 Å². The number of nitrogen functional groups attached to an aromatic ring is 1. The van der Waals surface area contributed by atoms with Crippen LogP contribution in [0.15, 0.2) is 30.6 Å². The van der Waals surface area contributed by atoms with Crippen molar-refractivity contribution in [3.8, 4) is 16.9 Å². The van der Waals surface area contributed by atoms with Gasteiger partial charge in [-0.15, -0.1) is 0 Å². The summed E-state index contributed by atoms with van der Waals surface area (Å²) in [5.74, 6) is 0.727. The molecule has 0 bridgehead atoms. The minimum absolute atomic E-state index is 0.575. The van der Waals surface area contributed by atoms with Gasteiger partial charge in [-0.05, 0) is 25.3 Å². The van der Waals surface area contributed by atoms with Gasteiger partial charge in [-0.25, -0.2) is 0 Å². The highest BCUT2D eigenvalue weighted by atomic mass is 16.5. The second-order valence-corrected chi connectivity index (χ2v) is 4.72. The molecule has 0 saturated heterocycles. The standard InChI is InChI=1S/C14H17N3O/c1-18-14-12(6-3-7-13(14)15)10-8-16-17(9-10)11-4-2-5-11/h3,6-9,11H,2,4-5,15H2,1H3. The van der Waals surface area contributed by atoms with Crippen LogP contribution in [0.4, 0.5) is 5.69 Å². The molecule has 94 valence electrons. The molecule has 0 spiro atoms. The molecule has 1 heterocycles. The number of para-hydroxylation sites is 1. The highest BCUT2D eigenvalue weighted by Crippen LogP contribution is 2.36. The molecule has 0 aliphatic heterocycles. The lowest BCUT2D eigenvalue weighted by Crippen LogP contribution is -2.16. The number of anilines is 1.